The summed E-state index contributed by atoms with van der Waals surface area (Å²) in [6.45, 7) is 10.9. The Kier molecular flexibility index (Phi) is 5.47. The maximum absolute atomic E-state index is 14.2. The molecule has 0 atom stereocenters. The molecule has 2 fully saturated rings. The van der Waals surface area contributed by atoms with E-state index in [1.54, 1.807) is 43.9 Å². The second kappa shape index (κ2) is 7.87. The molecule has 2 aliphatic heterocycles. The maximum atomic E-state index is 14.2. The van der Waals surface area contributed by atoms with Crippen molar-refractivity contribution >= 4 is 23.2 Å². The van der Waals surface area contributed by atoms with Crippen LogP contribution in [0.25, 0.3) is 0 Å². The lowest BCUT2D eigenvalue weighted by Gasteiger charge is -2.41. The van der Waals surface area contributed by atoms with Crippen molar-refractivity contribution in [3.05, 3.63) is 53.1 Å². The van der Waals surface area contributed by atoms with Gasteiger partial charge in [-0.2, -0.15) is 0 Å². The fourth-order valence-corrected chi connectivity index (χ4v) is 4.56. The molecule has 3 heterocycles. The number of hydrogen-bond acceptors (Lipinski definition) is 4. The molecule has 1 N–H and O–H groups in total. The summed E-state index contributed by atoms with van der Waals surface area (Å²) in [5.41, 5.74) is 2.64. The second-order valence-corrected chi connectivity index (χ2v) is 9.14. The van der Waals surface area contributed by atoms with Crippen molar-refractivity contribution in [1.82, 2.24) is 15.2 Å². The molecule has 0 unspecified atom stereocenters. The summed E-state index contributed by atoms with van der Waals surface area (Å²) in [5, 5.41) is 2.82. The van der Waals surface area contributed by atoms with Crippen LogP contribution in [0.5, 0.6) is 0 Å². The fourth-order valence-electron chi connectivity index (χ4n) is 4.56. The molecule has 170 valence electrons. The molecule has 1 saturated heterocycles. The van der Waals surface area contributed by atoms with Gasteiger partial charge in [0, 0.05) is 30.7 Å². The van der Waals surface area contributed by atoms with Crippen LogP contribution in [0, 0.1) is 12.7 Å². The molecule has 1 spiro atoms. The Bertz CT molecular complexity index is 1080. The number of anilines is 2. The number of nitrogens with one attached hydrogen (secondary N) is 1. The summed E-state index contributed by atoms with van der Waals surface area (Å²) in [6.07, 6.45) is 2.01. The topological polar surface area (TPSA) is 65.5 Å². The average molecular weight is 439 g/mol. The zero-order valence-corrected chi connectivity index (χ0v) is 19.5. The lowest BCUT2D eigenvalue weighted by atomic mass is 9.98. The fraction of sp³-hybridized carbons (Fsp3) is 0.480. The number of carbonyl (C=O) groups is 2. The maximum Gasteiger partial charge on any atom is 0.273 e. The number of pyridine rings is 1. The number of halogens is 1. The van der Waals surface area contributed by atoms with Gasteiger partial charge in [0.2, 0.25) is 5.91 Å². The van der Waals surface area contributed by atoms with Crippen molar-refractivity contribution < 1.29 is 14.0 Å². The van der Waals surface area contributed by atoms with Crippen LogP contribution in [0.2, 0.25) is 0 Å². The largest absolute Gasteiger partial charge is 0.352 e. The van der Waals surface area contributed by atoms with E-state index < -0.39 is 5.54 Å². The first-order valence-corrected chi connectivity index (χ1v) is 11.4. The van der Waals surface area contributed by atoms with Crippen molar-refractivity contribution in [2.75, 3.05) is 24.5 Å². The Balaban J connectivity index is 0.00000119. The summed E-state index contributed by atoms with van der Waals surface area (Å²) in [7, 11) is 0. The monoisotopic (exact) mass is 438 g/mol. The van der Waals surface area contributed by atoms with Gasteiger partial charge in [0.15, 0.2) is 0 Å². The number of amides is 2. The smallest absolute Gasteiger partial charge is 0.273 e. The van der Waals surface area contributed by atoms with E-state index in [0.29, 0.717) is 24.3 Å². The van der Waals surface area contributed by atoms with Crippen LogP contribution in [0.15, 0.2) is 30.3 Å². The summed E-state index contributed by atoms with van der Waals surface area (Å²) in [5.74, 6) is -0.612. The number of aryl methyl sites for hydroxylation is 1. The summed E-state index contributed by atoms with van der Waals surface area (Å²) in [4.78, 5) is 34.0. The molecule has 1 saturated carbocycles. The third-order valence-electron chi connectivity index (χ3n) is 6.76. The highest BCUT2D eigenvalue weighted by Crippen LogP contribution is 2.57. The zero-order valence-electron chi connectivity index (χ0n) is 19.5. The molecule has 0 bridgehead atoms. The molecule has 0 radical (unpaired) electrons. The lowest BCUT2D eigenvalue weighted by Crippen LogP contribution is -2.63. The Morgan fingerprint density at radius 2 is 1.88 bits per heavy atom. The molecule has 1 aliphatic carbocycles. The zero-order chi connectivity index (χ0) is 23.3. The first-order valence-electron chi connectivity index (χ1n) is 11.4. The molecule has 2 amide bonds. The predicted molar refractivity (Wildman–Crippen MR) is 123 cm³/mol. The summed E-state index contributed by atoms with van der Waals surface area (Å²) in [6, 6.07) is 8.92. The van der Waals surface area contributed by atoms with Gasteiger partial charge in [-0.25, -0.2) is 9.37 Å². The number of nitrogens with zero attached hydrogens (tertiary/aromatic N) is 3. The second-order valence-electron chi connectivity index (χ2n) is 9.14. The summed E-state index contributed by atoms with van der Waals surface area (Å²) < 4.78 is 14.2. The third kappa shape index (κ3) is 3.44. The highest BCUT2D eigenvalue weighted by Gasteiger charge is 2.54. The molecule has 7 heteroatoms. The van der Waals surface area contributed by atoms with E-state index in [1.807, 2.05) is 26.0 Å². The molecular weight excluding hydrogens is 407 g/mol. The SMILES string of the molecule is CC.Cc1ccc(N2CC3(CC3)c3nc(C(=O)N4CCNC(=O)C4(C)C)ccc32)cc1F. The Labute approximate surface area is 188 Å². The van der Waals surface area contributed by atoms with Crippen LogP contribution in [0.3, 0.4) is 0 Å². The van der Waals surface area contributed by atoms with Crippen LogP contribution in [-0.2, 0) is 10.2 Å². The molecule has 6 nitrogen and oxygen atoms in total. The first-order chi connectivity index (χ1) is 15.2. The molecule has 5 rings (SSSR count). The van der Waals surface area contributed by atoms with Gasteiger partial charge in [0.05, 0.1) is 11.4 Å². The molecule has 1 aromatic heterocycles. The molecular formula is C25H31FN4O2. The lowest BCUT2D eigenvalue weighted by molar-refractivity contribution is -0.133. The van der Waals surface area contributed by atoms with E-state index in [-0.39, 0.29) is 23.0 Å². The normalized spacial score (nSPS) is 19.8. The first kappa shape index (κ1) is 22.2. The van der Waals surface area contributed by atoms with Crippen molar-refractivity contribution in [3.63, 3.8) is 0 Å². The Morgan fingerprint density at radius 3 is 2.53 bits per heavy atom. The number of hydrogen-bond donors (Lipinski definition) is 1. The van der Waals surface area contributed by atoms with Crippen molar-refractivity contribution in [1.29, 1.82) is 0 Å². The standard InChI is InChI=1S/C23H25FN4O2.C2H6/c1-14-4-5-15(12-16(14)24)27-13-23(8-9-23)19-18(27)7-6-17(26-19)20(29)28-11-10-25-21(30)22(28,2)3;1-2/h4-7,12H,8-11,13H2,1-3H3,(H,25,30);1-2H3. The van der Waals surface area contributed by atoms with E-state index in [4.69, 9.17) is 4.98 Å². The van der Waals surface area contributed by atoms with Gasteiger partial charge in [0.25, 0.3) is 5.91 Å². The van der Waals surface area contributed by atoms with Crippen LogP contribution >= 0.6 is 0 Å². The van der Waals surface area contributed by atoms with E-state index in [9.17, 15) is 14.0 Å². The number of aromatic nitrogens is 1. The van der Waals surface area contributed by atoms with Gasteiger partial charge in [-0.3, -0.25) is 9.59 Å². The predicted octanol–water partition coefficient (Wildman–Crippen LogP) is 4.09. The number of fused-ring (bicyclic) bond motifs is 2. The van der Waals surface area contributed by atoms with Crippen molar-refractivity contribution in [3.8, 4) is 0 Å². The van der Waals surface area contributed by atoms with E-state index in [1.165, 1.54) is 0 Å². The molecule has 2 aromatic rings. The summed E-state index contributed by atoms with van der Waals surface area (Å²) >= 11 is 0. The van der Waals surface area contributed by atoms with Crippen LogP contribution in [-0.4, -0.2) is 46.9 Å². The highest BCUT2D eigenvalue weighted by atomic mass is 19.1. The van der Waals surface area contributed by atoms with E-state index in [2.05, 4.69) is 10.2 Å². The van der Waals surface area contributed by atoms with Gasteiger partial charge in [-0.15, -0.1) is 0 Å². The van der Waals surface area contributed by atoms with E-state index >= 15 is 0 Å². The van der Waals surface area contributed by atoms with Crippen LogP contribution in [0.4, 0.5) is 15.8 Å². The van der Waals surface area contributed by atoms with Crippen molar-refractivity contribution in [2.45, 2.75) is 58.4 Å². The minimum atomic E-state index is -0.918. The number of benzene rings is 1. The van der Waals surface area contributed by atoms with Crippen LogP contribution < -0.4 is 10.2 Å². The van der Waals surface area contributed by atoms with Crippen molar-refractivity contribution in [2.24, 2.45) is 0 Å². The third-order valence-corrected chi connectivity index (χ3v) is 6.76. The highest BCUT2D eigenvalue weighted by molar-refractivity contribution is 5.99. The molecule has 1 aromatic carbocycles. The number of rotatable bonds is 2. The molecule has 3 aliphatic rings. The van der Waals surface area contributed by atoms with Crippen LogP contribution in [0.1, 0.15) is 62.3 Å². The van der Waals surface area contributed by atoms with Gasteiger partial charge in [-0.05, 0) is 63.4 Å². The minimum absolute atomic E-state index is 0.0677. The Morgan fingerprint density at radius 1 is 1.16 bits per heavy atom. The van der Waals surface area contributed by atoms with Gasteiger partial charge >= 0.3 is 0 Å². The number of carbonyl (C=O) groups excluding carboxylic acids is 2. The average Bonchev–Trinajstić information content (AvgIpc) is 3.50. The van der Waals surface area contributed by atoms with Gasteiger partial charge < -0.3 is 15.1 Å². The van der Waals surface area contributed by atoms with E-state index in [0.717, 1.165) is 36.5 Å². The molecule has 32 heavy (non-hydrogen) atoms. The Hall–Kier alpha value is -2.96. The number of piperazine rings is 1. The van der Waals surface area contributed by atoms with Gasteiger partial charge in [0.1, 0.15) is 17.1 Å². The minimum Gasteiger partial charge on any atom is -0.352 e. The van der Waals surface area contributed by atoms with Gasteiger partial charge in [-0.1, -0.05) is 19.9 Å². The quantitative estimate of drug-likeness (QED) is 0.767.